The van der Waals surface area contributed by atoms with Gasteiger partial charge in [0, 0.05) is 6.07 Å². The summed E-state index contributed by atoms with van der Waals surface area (Å²) < 4.78 is 42.4. The molecule has 0 aliphatic rings. The molecular formula is C11H8F3N3O2S. The van der Waals surface area contributed by atoms with Crippen molar-refractivity contribution < 1.29 is 22.7 Å². The number of aromatic nitrogens is 2. The highest BCUT2D eigenvalue weighted by Crippen LogP contribution is 2.24. The van der Waals surface area contributed by atoms with E-state index in [4.69, 9.17) is 4.74 Å². The number of hydrogen-bond acceptors (Lipinski definition) is 5. The Hall–Kier alpha value is -2.16. The molecule has 1 amide bonds. The first-order chi connectivity index (χ1) is 9.54. The molecular weight excluding hydrogens is 295 g/mol. The summed E-state index contributed by atoms with van der Waals surface area (Å²) in [7, 11) is 0. The third kappa shape index (κ3) is 3.92. The van der Waals surface area contributed by atoms with E-state index in [0.29, 0.717) is 11.3 Å². The minimum Gasteiger partial charge on any atom is -0.484 e. The van der Waals surface area contributed by atoms with Crippen LogP contribution in [0.3, 0.4) is 0 Å². The molecule has 0 radical (unpaired) electrons. The average molecular weight is 303 g/mol. The Labute approximate surface area is 115 Å². The van der Waals surface area contributed by atoms with E-state index < -0.39 is 29.8 Å². The quantitative estimate of drug-likeness (QED) is 0.922. The second kappa shape index (κ2) is 6.33. The lowest BCUT2D eigenvalue weighted by Crippen LogP contribution is -2.20. The zero-order valence-corrected chi connectivity index (χ0v) is 10.7. The van der Waals surface area contributed by atoms with Crippen LogP contribution in [-0.2, 0) is 4.79 Å². The Balaban J connectivity index is 1.86. The highest BCUT2D eigenvalue weighted by Gasteiger charge is 2.15. The summed E-state index contributed by atoms with van der Waals surface area (Å²) in [6.07, 6.45) is -2.73. The van der Waals surface area contributed by atoms with Crippen molar-refractivity contribution in [1.82, 2.24) is 10.2 Å². The number of ether oxygens (including phenoxy) is 1. The lowest BCUT2D eigenvalue weighted by atomic mass is 10.3. The van der Waals surface area contributed by atoms with Crippen LogP contribution in [0, 0.1) is 5.82 Å². The molecule has 0 saturated carbocycles. The summed E-state index contributed by atoms with van der Waals surface area (Å²) in [5, 5.41) is 8.33. The first-order valence-electron chi connectivity index (χ1n) is 5.34. The SMILES string of the molecule is O=C(COc1cccc(F)c1)Nc1nnc(C(F)F)s1. The van der Waals surface area contributed by atoms with Crippen LogP contribution in [0.25, 0.3) is 0 Å². The van der Waals surface area contributed by atoms with Crippen molar-refractivity contribution in [1.29, 1.82) is 0 Å². The zero-order chi connectivity index (χ0) is 14.5. The van der Waals surface area contributed by atoms with Gasteiger partial charge in [-0.1, -0.05) is 17.4 Å². The van der Waals surface area contributed by atoms with Gasteiger partial charge in [0.05, 0.1) is 0 Å². The molecule has 0 atom stereocenters. The number of amides is 1. The standard InChI is InChI=1S/C11H8F3N3O2S/c12-6-2-1-3-7(4-6)19-5-8(18)15-11-17-16-10(20-11)9(13)14/h1-4,9H,5H2,(H,15,17,18). The largest absolute Gasteiger partial charge is 0.484 e. The van der Waals surface area contributed by atoms with Crippen LogP contribution < -0.4 is 10.1 Å². The first-order valence-corrected chi connectivity index (χ1v) is 6.16. The van der Waals surface area contributed by atoms with Crippen molar-refractivity contribution in [3.8, 4) is 5.75 Å². The van der Waals surface area contributed by atoms with Crippen molar-refractivity contribution in [2.24, 2.45) is 0 Å². The van der Waals surface area contributed by atoms with Crippen LogP contribution in [0.15, 0.2) is 24.3 Å². The Morgan fingerprint density at radius 1 is 1.40 bits per heavy atom. The fourth-order valence-corrected chi connectivity index (χ4v) is 1.85. The summed E-state index contributed by atoms with van der Waals surface area (Å²) in [5.41, 5.74) is 0. The van der Waals surface area contributed by atoms with E-state index in [0.717, 1.165) is 6.07 Å². The van der Waals surface area contributed by atoms with Crippen molar-refractivity contribution >= 4 is 22.4 Å². The number of carbonyl (C=O) groups is 1. The van der Waals surface area contributed by atoms with Crippen molar-refractivity contribution in [2.45, 2.75) is 6.43 Å². The van der Waals surface area contributed by atoms with E-state index in [1.807, 2.05) is 0 Å². The third-order valence-electron chi connectivity index (χ3n) is 2.04. The summed E-state index contributed by atoms with van der Waals surface area (Å²) >= 11 is 0.574. The molecule has 1 N–H and O–H groups in total. The van der Waals surface area contributed by atoms with Gasteiger partial charge >= 0.3 is 0 Å². The molecule has 2 rings (SSSR count). The normalized spacial score (nSPS) is 10.6. The van der Waals surface area contributed by atoms with Gasteiger partial charge in [-0.3, -0.25) is 10.1 Å². The predicted octanol–water partition coefficient (Wildman–Crippen LogP) is 2.63. The maximum absolute atomic E-state index is 12.8. The van der Waals surface area contributed by atoms with E-state index in [-0.39, 0.29) is 10.9 Å². The number of carbonyl (C=O) groups excluding carboxylic acids is 1. The van der Waals surface area contributed by atoms with E-state index in [9.17, 15) is 18.0 Å². The van der Waals surface area contributed by atoms with Gasteiger partial charge in [0.1, 0.15) is 11.6 Å². The molecule has 20 heavy (non-hydrogen) atoms. The van der Waals surface area contributed by atoms with E-state index in [1.165, 1.54) is 18.2 Å². The molecule has 0 spiro atoms. The maximum atomic E-state index is 12.8. The lowest BCUT2D eigenvalue weighted by molar-refractivity contribution is -0.118. The summed E-state index contributed by atoms with van der Waals surface area (Å²) in [6, 6.07) is 5.27. The minimum atomic E-state index is -2.73. The Morgan fingerprint density at radius 2 is 2.20 bits per heavy atom. The van der Waals surface area contributed by atoms with Crippen molar-refractivity contribution in [3.63, 3.8) is 0 Å². The number of anilines is 1. The van der Waals surface area contributed by atoms with Gasteiger partial charge in [-0.05, 0) is 12.1 Å². The topological polar surface area (TPSA) is 64.1 Å². The fourth-order valence-electron chi connectivity index (χ4n) is 1.23. The molecule has 1 heterocycles. The molecule has 0 bridgehead atoms. The average Bonchev–Trinajstić information content (AvgIpc) is 2.85. The number of benzene rings is 1. The summed E-state index contributed by atoms with van der Waals surface area (Å²) in [4.78, 5) is 11.5. The second-order valence-corrected chi connectivity index (χ2v) is 4.55. The Kier molecular flexibility index (Phi) is 4.51. The van der Waals surface area contributed by atoms with E-state index in [2.05, 4.69) is 15.5 Å². The molecule has 9 heteroatoms. The van der Waals surface area contributed by atoms with Crippen LogP contribution in [0.4, 0.5) is 18.3 Å². The molecule has 1 aromatic carbocycles. The molecule has 0 unspecified atom stereocenters. The maximum Gasteiger partial charge on any atom is 0.291 e. The molecule has 2 aromatic rings. The fraction of sp³-hybridized carbons (Fsp3) is 0.182. The minimum absolute atomic E-state index is 0.0480. The van der Waals surface area contributed by atoms with Gasteiger partial charge in [-0.15, -0.1) is 10.2 Å². The third-order valence-corrected chi connectivity index (χ3v) is 2.89. The molecule has 0 aliphatic carbocycles. The van der Waals surface area contributed by atoms with Crippen LogP contribution in [0.1, 0.15) is 11.4 Å². The summed E-state index contributed by atoms with van der Waals surface area (Å²) in [6.45, 7) is -0.396. The van der Waals surface area contributed by atoms with Gasteiger partial charge < -0.3 is 4.74 Å². The number of alkyl halides is 2. The number of rotatable bonds is 5. The van der Waals surface area contributed by atoms with Gasteiger partial charge in [-0.25, -0.2) is 13.2 Å². The number of nitrogens with zero attached hydrogens (tertiary/aromatic N) is 2. The van der Waals surface area contributed by atoms with Crippen molar-refractivity contribution in [2.75, 3.05) is 11.9 Å². The number of halogens is 3. The van der Waals surface area contributed by atoms with Crippen molar-refractivity contribution in [3.05, 3.63) is 35.1 Å². The van der Waals surface area contributed by atoms with Crippen LogP contribution in [0.5, 0.6) is 5.75 Å². The van der Waals surface area contributed by atoms with Gasteiger partial charge in [-0.2, -0.15) is 0 Å². The summed E-state index contributed by atoms with van der Waals surface area (Å²) in [5.74, 6) is -0.912. The number of nitrogens with one attached hydrogen (secondary N) is 1. The molecule has 0 saturated heterocycles. The Morgan fingerprint density at radius 3 is 2.85 bits per heavy atom. The first kappa shape index (κ1) is 14.3. The molecule has 0 fully saturated rings. The van der Waals surface area contributed by atoms with E-state index >= 15 is 0 Å². The van der Waals surface area contributed by atoms with Crippen LogP contribution >= 0.6 is 11.3 Å². The Bertz CT molecular complexity index is 606. The molecule has 106 valence electrons. The number of hydrogen-bond donors (Lipinski definition) is 1. The smallest absolute Gasteiger partial charge is 0.291 e. The van der Waals surface area contributed by atoms with Gasteiger partial charge in [0.15, 0.2) is 11.6 Å². The molecule has 0 aliphatic heterocycles. The predicted molar refractivity (Wildman–Crippen MR) is 65.4 cm³/mol. The highest BCUT2D eigenvalue weighted by atomic mass is 32.1. The van der Waals surface area contributed by atoms with E-state index in [1.54, 1.807) is 0 Å². The lowest BCUT2D eigenvalue weighted by Gasteiger charge is -2.05. The van der Waals surface area contributed by atoms with Gasteiger partial charge in [0.2, 0.25) is 5.13 Å². The van der Waals surface area contributed by atoms with Crippen LogP contribution in [-0.4, -0.2) is 22.7 Å². The van der Waals surface area contributed by atoms with Crippen LogP contribution in [0.2, 0.25) is 0 Å². The van der Waals surface area contributed by atoms with Gasteiger partial charge in [0.25, 0.3) is 12.3 Å². The molecule has 5 nitrogen and oxygen atoms in total. The molecule has 1 aromatic heterocycles. The zero-order valence-electron chi connectivity index (χ0n) is 9.85. The monoisotopic (exact) mass is 303 g/mol. The highest BCUT2D eigenvalue weighted by molar-refractivity contribution is 7.15. The second-order valence-electron chi connectivity index (χ2n) is 3.54.